The summed E-state index contributed by atoms with van der Waals surface area (Å²) in [5.74, 6) is -0.176. The van der Waals surface area contributed by atoms with Gasteiger partial charge in [0.2, 0.25) is 5.91 Å². The summed E-state index contributed by atoms with van der Waals surface area (Å²) < 4.78 is 0. The highest BCUT2D eigenvalue weighted by atomic mass is 16.3. The Labute approximate surface area is 94.9 Å². The van der Waals surface area contributed by atoms with Gasteiger partial charge in [0.25, 0.3) is 0 Å². The first-order chi connectivity index (χ1) is 7.52. The molecule has 0 aromatic heterocycles. The normalized spacial score (nSPS) is 35.3. The number of aliphatic hydroxyl groups excluding tert-OH is 3. The summed E-state index contributed by atoms with van der Waals surface area (Å²) in [4.78, 5) is 12.6. The van der Waals surface area contributed by atoms with Crippen molar-refractivity contribution in [2.75, 3.05) is 19.7 Å². The van der Waals surface area contributed by atoms with E-state index in [9.17, 15) is 15.0 Å². The maximum atomic E-state index is 10.8. The molecule has 1 heterocycles. The van der Waals surface area contributed by atoms with Crippen molar-refractivity contribution in [3.8, 4) is 0 Å². The first kappa shape index (κ1) is 13.4. The number of carbonyl (C=O) groups is 1. The second-order valence-electron chi connectivity index (χ2n) is 4.07. The Kier molecular flexibility index (Phi) is 4.67. The quantitative estimate of drug-likeness (QED) is 0.446. The van der Waals surface area contributed by atoms with Crippen LogP contribution in [0.3, 0.4) is 0 Å². The minimum atomic E-state index is -0.969. The van der Waals surface area contributed by atoms with E-state index >= 15 is 0 Å². The maximum Gasteiger partial charge on any atom is 0.216 e. The second kappa shape index (κ2) is 5.58. The first-order valence-electron chi connectivity index (χ1n) is 5.50. The molecule has 0 spiro atoms. The van der Waals surface area contributed by atoms with Gasteiger partial charge in [0.1, 0.15) is 0 Å². The first-order valence-corrected chi connectivity index (χ1v) is 5.50. The fraction of sp³-hybridized carbons (Fsp3) is 0.900. The van der Waals surface area contributed by atoms with E-state index in [2.05, 4.69) is 5.32 Å². The predicted octanol–water partition coefficient (Wildman–Crippen LogP) is -2.09. The van der Waals surface area contributed by atoms with Crippen LogP contribution in [0.4, 0.5) is 0 Å². The third-order valence-electron chi connectivity index (χ3n) is 3.10. The molecular formula is C10H20N2O4. The van der Waals surface area contributed by atoms with Crippen LogP contribution in [0, 0.1) is 0 Å². The van der Waals surface area contributed by atoms with Gasteiger partial charge in [-0.3, -0.25) is 9.69 Å². The van der Waals surface area contributed by atoms with Crippen LogP contribution in [0.1, 0.15) is 13.8 Å². The summed E-state index contributed by atoms with van der Waals surface area (Å²) in [6.07, 6.45) is -1.91. The van der Waals surface area contributed by atoms with Crippen LogP contribution in [-0.4, -0.2) is 70.1 Å². The molecule has 0 aromatic carbocycles. The van der Waals surface area contributed by atoms with Crippen molar-refractivity contribution in [3.63, 3.8) is 0 Å². The molecule has 1 aliphatic rings. The van der Waals surface area contributed by atoms with Gasteiger partial charge in [-0.1, -0.05) is 6.92 Å². The van der Waals surface area contributed by atoms with Gasteiger partial charge in [0, 0.05) is 13.5 Å². The summed E-state index contributed by atoms with van der Waals surface area (Å²) in [5, 5.41) is 31.3. The highest BCUT2D eigenvalue weighted by molar-refractivity contribution is 5.72. The van der Waals surface area contributed by atoms with E-state index in [1.165, 1.54) is 6.92 Å². The summed E-state index contributed by atoms with van der Waals surface area (Å²) >= 11 is 0. The number of likely N-dealkylation sites (tertiary alicyclic amines) is 1. The lowest BCUT2D eigenvalue weighted by Crippen LogP contribution is -2.46. The Morgan fingerprint density at radius 2 is 1.88 bits per heavy atom. The van der Waals surface area contributed by atoms with Crippen LogP contribution in [0.2, 0.25) is 0 Å². The Balaban J connectivity index is 2.69. The van der Waals surface area contributed by atoms with Crippen molar-refractivity contribution in [2.24, 2.45) is 0 Å². The van der Waals surface area contributed by atoms with Gasteiger partial charge in [-0.2, -0.15) is 0 Å². The van der Waals surface area contributed by atoms with Gasteiger partial charge in [-0.05, 0) is 6.54 Å². The van der Waals surface area contributed by atoms with Crippen molar-refractivity contribution >= 4 is 5.91 Å². The zero-order chi connectivity index (χ0) is 12.3. The SMILES string of the molecule is CCN1C(CO)C(O)C(O)C1CNC(C)=O. The molecule has 1 saturated heterocycles. The second-order valence-corrected chi connectivity index (χ2v) is 4.07. The lowest BCUT2D eigenvalue weighted by molar-refractivity contribution is -0.119. The molecule has 16 heavy (non-hydrogen) atoms. The van der Waals surface area contributed by atoms with E-state index in [0.29, 0.717) is 6.54 Å². The molecule has 1 rings (SSSR count). The van der Waals surface area contributed by atoms with Gasteiger partial charge >= 0.3 is 0 Å². The summed E-state index contributed by atoms with van der Waals surface area (Å²) in [5.41, 5.74) is 0. The topological polar surface area (TPSA) is 93.0 Å². The van der Waals surface area contributed by atoms with Crippen LogP contribution in [0.5, 0.6) is 0 Å². The van der Waals surface area contributed by atoms with Crippen LogP contribution < -0.4 is 5.32 Å². The van der Waals surface area contributed by atoms with Gasteiger partial charge in [0.15, 0.2) is 0 Å². The van der Waals surface area contributed by atoms with E-state index in [4.69, 9.17) is 5.11 Å². The minimum Gasteiger partial charge on any atom is -0.395 e. The monoisotopic (exact) mass is 232 g/mol. The lowest BCUT2D eigenvalue weighted by atomic mass is 10.1. The molecule has 1 fully saturated rings. The van der Waals surface area contributed by atoms with Crippen molar-refractivity contribution in [2.45, 2.75) is 38.1 Å². The number of carbonyl (C=O) groups excluding carboxylic acids is 1. The number of hydrogen-bond donors (Lipinski definition) is 4. The summed E-state index contributed by atoms with van der Waals surface area (Å²) in [6, 6.07) is -0.806. The molecule has 0 aliphatic carbocycles. The molecule has 6 heteroatoms. The Bertz CT molecular complexity index is 249. The molecule has 6 nitrogen and oxygen atoms in total. The smallest absolute Gasteiger partial charge is 0.216 e. The van der Waals surface area contributed by atoms with Crippen molar-refractivity contribution in [1.29, 1.82) is 0 Å². The molecular weight excluding hydrogens is 212 g/mol. The molecule has 0 aromatic rings. The number of amides is 1. The summed E-state index contributed by atoms with van der Waals surface area (Å²) in [7, 11) is 0. The predicted molar refractivity (Wildman–Crippen MR) is 57.7 cm³/mol. The van der Waals surface area contributed by atoms with E-state index < -0.39 is 18.2 Å². The molecule has 0 radical (unpaired) electrons. The number of nitrogens with zero attached hydrogens (tertiary/aromatic N) is 1. The van der Waals surface area contributed by atoms with E-state index in [-0.39, 0.29) is 25.1 Å². The zero-order valence-electron chi connectivity index (χ0n) is 9.63. The van der Waals surface area contributed by atoms with Crippen LogP contribution >= 0.6 is 0 Å². The Hall–Kier alpha value is -0.690. The third-order valence-corrected chi connectivity index (χ3v) is 3.10. The number of hydrogen-bond acceptors (Lipinski definition) is 5. The standard InChI is InChI=1S/C10H20N2O4/c1-3-12-7(4-11-6(2)14)9(15)10(16)8(12)5-13/h7-10,13,15-16H,3-5H2,1-2H3,(H,11,14). The Morgan fingerprint density at radius 1 is 1.31 bits per heavy atom. The zero-order valence-corrected chi connectivity index (χ0v) is 9.63. The molecule has 0 saturated carbocycles. The molecule has 4 unspecified atom stereocenters. The fourth-order valence-corrected chi connectivity index (χ4v) is 2.26. The van der Waals surface area contributed by atoms with Crippen LogP contribution in [-0.2, 0) is 4.79 Å². The third kappa shape index (κ3) is 2.52. The lowest BCUT2D eigenvalue weighted by Gasteiger charge is -2.28. The molecule has 4 N–H and O–H groups in total. The maximum absolute atomic E-state index is 10.8. The van der Waals surface area contributed by atoms with E-state index in [1.807, 2.05) is 11.8 Å². The number of rotatable bonds is 4. The van der Waals surface area contributed by atoms with Crippen LogP contribution in [0.25, 0.3) is 0 Å². The van der Waals surface area contributed by atoms with Crippen molar-refractivity contribution in [3.05, 3.63) is 0 Å². The molecule has 0 bridgehead atoms. The van der Waals surface area contributed by atoms with Gasteiger partial charge in [0.05, 0.1) is 30.9 Å². The average molecular weight is 232 g/mol. The molecule has 4 atom stereocenters. The van der Waals surface area contributed by atoms with Gasteiger partial charge in [-0.15, -0.1) is 0 Å². The summed E-state index contributed by atoms with van der Waals surface area (Å²) in [6.45, 7) is 3.95. The van der Waals surface area contributed by atoms with Gasteiger partial charge < -0.3 is 20.6 Å². The minimum absolute atomic E-state index is 0.176. The molecule has 1 amide bonds. The van der Waals surface area contributed by atoms with E-state index in [0.717, 1.165) is 0 Å². The van der Waals surface area contributed by atoms with Crippen molar-refractivity contribution in [1.82, 2.24) is 10.2 Å². The van der Waals surface area contributed by atoms with Crippen LogP contribution in [0.15, 0.2) is 0 Å². The number of nitrogens with one attached hydrogen (secondary N) is 1. The highest BCUT2D eigenvalue weighted by Crippen LogP contribution is 2.24. The molecule has 94 valence electrons. The molecule has 1 aliphatic heterocycles. The number of aliphatic hydroxyl groups is 3. The average Bonchev–Trinajstić information content (AvgIpc) is 2.48. The Morgan fingerprint density at radius 3 is 2.31 bits per heavy atom. The van der Waals surface area contributed by atoms with Crippen molar-refractivity contribution < 1.29 is 20.1 Å². The highest BCUT2D eigenvalue weighted by Gasteiger charge is 2.46. The van der Waals surface area contributed by atoms with E-state index in [1.54, 1.807) is 0 Å². The largest absolute Gasteiger partial charge is 0.395 e. The van der Waals surface area contributed by atoms with Gasteiger partial charge in [-0.25, -0.2) is 0 Å². The fourth-order valence-electron chi connectivity index (χ4n) is 2.26. The number of likely N-dealkylation sites (N-methyl/N-ethyl adjacent to an activating group) is 1.